The van der Waals surface area contributed by atoms with E-state index in [0.29, 0.717) is 22.7 Å². The zero-order chi connectivity index (χ0) is 19.5. The van der Waals surface area contributed by atoms with E-state index in [9.17, 15) is 9.59 Å². The molecule has 6 nitrogen and oxygen atoms in total. The van der Waals surface area contributed by atoms with Crippen LogP contribution in [0.15, 0.2) is 66.4 Å². The Morgan fingerprint density at radius 1 is 0.929 bits per heavy atom. The first-order chi connectivity index (χ1) is 13.6. The van der Waals surface area contributed by atoms with E-state index in [0.717, 1.165) is 10.8 Å². The van der Waals surface area contributed by atoms with Crippen LogP contribution < -0.4 is 20.1 Å². The van der Waals surface area contributed by atoms with E-state index in [4.69, 9.17) is 9.47 Å². The standard InChI is InChI=1S/C22H18N2O4/c1-14(25)23-19(10-15-6-9-20-21(11-15)28-13-27-20)22(26)24-18-8-7-16-4-2-3-5-17(16)12-18/h2-12H,13H2,1H3,(H,23,25)(H,24,26)/b19-10+. The normalized spacial score (nSPS) is 12.7. The van der Waals surface area contributed by atoms with Crippen molar-refractivity contribution in [2.75, 3.05) is 12.1 Å². The molecule has 1 aliphatic heterocycles. The number of carbonyl (C=O) groups is 2. The van der Waals surface area contributed by atoms with Crippen molar-refractivity contribution in [1.29, 1.82) is 0 Å². The van der Waals surface area contributed by atoms with Crippen LogP contribution in [0.1, 0.15) is 12.5 Å². The van der Waals surface area contributed by atoms with Crippen LogP contribution in [0.2, 0.25) is 0 Å². The molecule has 1 heterocycles. The van der Waals surface area contributed by atoms with Crippen LogP contribution in [-0.4, -0.2) is 18.6 Å². The van der Waals surface area contributed by atoms with Crippen LogP contribution in [0.25, 0.3) is 16.8 Å². The van der Waals surface area contributed by atoms with Crippen LogP contribution in [-0.2, 0) is 9.59 Å². The Hall–Kier alpha value is -3.80. The Labute approximate surface area is 161 Å². The number of hydrogen-bond acceptors (Lipinski definition) is 4. The Kier molecular flexibility index (Phi) is 4.68. The molecule has 0 atom stereocenters. The SMILES string of the molecule is CC(=O)N/C(=C/c1ccc2c(c1)OCO2)C(=O)Nc1ccc2ccccc2c1. The van der Waals surface area contributed by atoms with Gasteiger partial charge in [-0.25, -0.2) is 0 Å². The maximum absolute atomic E-state index is 12.8. The van der Waals surface area contributed by atoms with Gasteiger partial charge in [-0.15, -0.1) is 0 Å². The Bertz CT molecular complexity index is 1100. The lowest BCUT2D eigenvalue weighted by Gasteiger charge is -2.11. The van der Waals surface area contributed by atoms with Crippen molar-refractivity contribution in [3.05, 3.63) is 71.9 Å². The summed E-state index contributed by atoms with van der Waals surface area (Å²) in [5, 5.41) is 7.52. The molecule has 2 N–H and O–H groups in total. The van der Waals surface area contributed by atoms with E-state index in [1.165, 1.54) is 6.92 Å². The molecule has 0 spiro atoms. The number of fused-ring (bicyclic) bond motifs is 2. The lowest BCUT2D eigenvalue weighted by molar-refractivity contribution is -0.120. The minimum Gasteiger partial charge on any atom is -0.454 e. The van der Waals surface area contributed by atoms with Crippen molar-refractivity contribution in [2.45, 2.75) is 6.92 Å². The summed E-state index contributed by atoms with van der Waals surface area (Å²) in [6.45, 7) is 1.53. The molecule has 2 amide bonds. The Balaban J connectivity index is 1.60. The van der Waals surface area contributed by atoms with Crippen molar-refractivity contribution in [3.63, 3.8) is 0 Å². The molecule has 3 aromatic carbocycles. The quantitative estimate of drug-likeness (QED) is 0.683. The molecule has 4 rings (SSSR count). The van der Waals surface area contributed by atoms with E-state index in [1.54, 1.807) is 24.3 Å². The van der Waals surface area contributed by atoms with Crippen LogP contribution in [0, 0.1) is 0 Å². The number of hydrogen-bond donors (Lipinski definition) is 2. The first-order valence-corrected chi connectivity index (χ1v) is 8.77. The predicted molar refractivity (Wildman–Crippen MR) is 107 cm³/mol. The van der Waals surface area contributed by atoms with Crippen LogP contribution in [0.4, 0.5) is 5.69 Å². The minimum absolute atomic E-state index is 0.138. The molecule has 0 aliphatic carbocycles. The predicted octanol–water partition coefficient (Wildman–Crippen LogP) is 3.68. The van der Waals surface area contributed by atoms with Gasteiger partial charge in [-0.2, -0.15) is 0 Å². The van der Waals surface area contributed by atoms with Gasteiger partial charge < -0.3 is 20.1 Å². The number of amides is 2. The van der Waals surface area contributed by atoms with Crippen molar-refractivity contribution >= 4 is 34.4 Å². The summed E-state index contributed by atoms with van der Waals surface area (Å²) < 4.78 is 10.7. The fourth-order valence-corrected chi connectivity index (χ4v) is 2.98. The van der Waals surface area contributed by atoms with Crippen LogP contribution in [0.5, 0.6) is 11.5 Å². The van der Waals surface area contributed by atoms with Gasteiger partial charge in [0, 0.05) is 12.6 Å². The third-order valence-electron chi connectivity index (χ3n) is 4.27. The van der Waals surface area contributed by atoms with E-state index >= 15 is 0 Å². The summed E-state index contributed by atoms with van der Waals surface area (Å²) in [4.78, 5) is 24.4. The molecule has 0 saturated carbocycles. The second-order valence-electron chi connectivity index (χ2n) is 6.37. The summed E-state index contributed by atoms with van der Waals surface area (Å²) in [6.07, 6.45) is 1.60. The van der Waals surface area contributed by atoms with E-state index in [1.807, 2.05) is 42.5 Å². The largest absolute Gasteiger partial charge is 0.454 e. The van der Waals surface area contributed by atoms with E-state index in [2.05, 4.69) is 10.6 Å². The molecule has 0 unspecified atom stereocenters. The van der Waals surface area contributed by atoms with Crippen molar-refractivity contribution < 1.29 is 19.1 Å². The zero-order valence-corrected chi connectivity index (χ0v) is 15.2. The fraction of sp³-hybridized carbons (Fsp3) is 0.0909. The molecule has 1 aliphatic rings. The van der Waals surface area contributed by atoms with Crippen LogP contribution >= 0.6 is 0 Å². The summed E-state index contributed by atoms with van der Waals surface area (Å²) in [7, 11) is 0. The number of anilines is 1. The van der Waals surface area contributed by atoms with E-state index < -0.39 is 5.91 Å². The average molecular weight is 374 g/mol. The van der Waals surface area contributed by atoms with Crippen molar-refractivity contribution in [2.24, 2.45) is 0 Å². The first-order valence-electron chi connectivity index (χ1n) is 8.77. The highest BCUT2D eigenvalue weighted by Crippen LogP contribution is 2.33. The first kappa shape index (κ1) is 17.6. The highest BCUT2D eigenvalue weighted by molar-refractivity contribution is 6.09. The van der Waals surface area contributed by atoms with Gasteiger partial charge >= 0.3 is 0 Å². The molecule has 3 aromatic rings. The zero-order valence-electron chi connectivity index (χ0n) is 15.2. The molecule has 0 bridgehead atoms. The fourth-order valence-electron chi connectivity index (χ4n) is 2.98. The summed E-state index contributed by atoms with van der Waals surface area (Å²) in [5.41, 5.74) is 1.49. The summed E-state index contributed by atoms with van der Waals surface area (Å²) in [6, 6.07) is 18.8. The maximum Gasteiger partial charge on any atom is 0.272 e. The smallest absolute Gasteiger partial charge is 0.272 e. The van der Waals surface area contributed by atoms with Crippen LogP contribution in [0.3, 0.4) is 0 Å². The molecule has 0 fully saturated rings. The molecule has 0 aromatic heterocycles. The van der Waals surface area contributed by atoms with Gasteiger partial charge in [-0.3, -0.25) is 9.59 Å². The number of carbonyl (C=O) groups excluding carboxylic acids is 2. The van der Waals surface area contributed by atoms with Crippen molar-refractivity contribution in [1.82, 2.24) is 5.32 Å². The van der Waals surface area contributed by atoms with Crippen molar-refractivity contribution in [3.8, 4) is 11.5 Å². The van der Waals surface area contributed by atoms with Gasteiger partial charge in [0.15, 0.2) is 11.5 Å². The average Bonchev–Trinajstić information content (AvgIpc) is 3.15. The number of nitrogens with one attached hydrogen (secondary N) is 2. The number of benzene rings is 3. The molecule has 140 valence electrons. The van der Waals surface area contributed by atoms with Gasteiger partial charge in [-0.05, 0) is 46.7 Å². The van der Waals surface area contributed by atoms with E-state index in [-0.39, 0.29) is 18.4 Å². The second-order valence-corrected chi connectivity index (χ2v) is 6.37. The monoisotopic (exact) mass is 374 g/mol. The lowest BCUT2D eigenvalue weighted by Crippen LogP contribution is -2.28. The highest BCUT2D eigenvalue weighted by atomic mass is 16.7. The molecule has 0 saturated heterocycles. The molecular formula is C22H18N2O4. The Morgan fingerprint density at radius 2 is 1.71 bits per heavy atom. The minimum atomic E-state index is -0.414. The molecule has 6 heteroatoms. The second kappa shape index (κ2) is 7.44. The lowest BCUT2D eigenvalue weighted by atomic mass is 10.1. The van der Waals surface area contributed by atoms with Gasteiger partial charge in [0.05, 0.1) is 0 Å². The summed E-state index contributed by atoms with van der Waals surface area (Å²) in [5.74, 6) is 0.508. The molecule has 0 radical (unpaired) electrons. The van der Waals surface area contributed by atoms with Gasteiger partial charge in [0.2, 0.25) is 12.7 Å². The third kappa shape index (κ3) is 3.81. The van der Waals surface area contributed by atoms with Gasteiger partial charge in [0.1, 0.15) is 5.70 Å². The summed E-state index contributed by atoms with van der Waals surface area (Å²) >= 11 is 0. The number of ether oxygens (including phenoxy) is 2. The Morgan fingerprint density at radius 3 is 2.54 bits per heavy atom. The number of rotatable bonds is 4. The van der Waals surface area contributed by atoms with Gasteiger partial charge in [-0.1, -0.05) is 36.4 Å². The third-order valence-corrected chi connectivity index (χ3v) is 4.27. The van der Waals surface area contributed by atoms with Gasteiger partial charge in [0.25, 0.3) is 5.91 Å². The molecule has 28 heavy (non-hydrogen) atoms. The highest BCUT2D eigenvalue weighted by Gasteiger charge is 2.15. The topological polar surface area (TPSA) is 76.7 Å². The molecular weight excluding hydrogens is 356 g/mol. The maximum atomic E-state index is 12.8.